The summed E-state index contributed by atoms with van der Waals surface area (Å²) in [7, 11) is 0. The van der Waals surface area contributed by atoms with Crippen molar-refractivity contribution in [3.05, 3.63) is 35.9 Å². The van der Waals surface area contributed by atoms with Gasteiger partial charge in [0.05, 0.1) is 12.6 Å². The fraction of sp³-hybridized carbons (Fsp3) is 0.467. The van der Waals surface area contributed by atoms with Gasteiger partial charge in [-0.1, -0.05) is 44.2 Å². The van der Waals surface area contributed by atoms with Crippen molar-refractivity contribution in [2.24, 2.45) is 11.8 Å². The van der Waals surface area contributed by atoms with Crippen LogP contribution in [0.2, 0.25) is 0 Å². The van der Waals surface area contributed by atoms with E-state index in [1.807, 2.05) is 30.3 Å². The Labute approximate surface area is 113 Å². The summed E-state index contributed by atoms with van der Waals surface area (Å²) in [6, 6.07) is 9.12. The van der Waals surface area contributed by atoms with Crippen molar-refractivity contribution in [1.29, 1.82) is 0 Å². The zero-order valence-electron chi connectivity index (χ0n) is 11.2. The highest BCUT2D eigenvalue weighted by Crippen LogP contribution is 2.28. The van der Waals surface area contributed by atoms with Crippen molar-refractivity contribution >= 4 is 11.8 Å². The average molecular weight is 261 g/mol. The zero-order chi connectivity index (χ0) is 14.0. The van der Waals surface area contributed by atoms with Crippen LogP contribution in [0, 0.1) is 11.8 Å². The molecule has 4 heteroatoms. The molecule has 1 aromatic carbocycles. The van der Waals surface area contributed by atoms with Crippen LogP contribution in [0.3, 0.4) is 0 Å². The van der Waals surface area contributed by atoms with Gasteiger partial charge in [-0.15, -0.1) is 0 Å². The van der Waals surface area contributed by atoms with Crippen LogP contribution in [0.1, 0.15) is 19.4 Å². The van der Waals surface area contributed by atoms with E-state index < -0.39 is 6.04 Å². The highest BCUT2D eigenvalue weighted by Gasteiger charge is 2.45. The minimum atomic E-state index is -0.463. The molecule has 2 amide bonds. The first-order valence-corrected chi connectivity index (χ1v) is 6.58. The smallest absolute Gasteiger partial charge is 0.233 e. The lowest BCUT2D eigenvalue weighted by Gasteiger charge is -2.25. The number of imide groups is 1. The fourth-order valence-electron chi connectivity index (χ4n) is 2.46. The van der Waals surface area contributed by atoms with Crippen LogP contribution in [0.25, 0.3) is 0 Å². The van der Waals surface area contributed by atoms with E-state index in [1.54, 1.807) is 13.8 Å². The van der Waals surface area contributed by atoms with Crippen LogP contribution in [0.4, 0.5) is 0 Å². The topological polar surface area (TPSA) is 57.6 Å². The average Bonchev–Trinajstić information content (AvgIpc) is 2.62. The molecule has 0 radical (unpaired) electrons. The van der Waals surface area contributed by atoms with Gasteiger partial charge in [0.25, 0.3) is 0 Å². The van der Waals surface area contributed by atoms with Crippen LogP contribution in [0.5, 0.6) is 0 Å². The maximum Gasteiger partial charge on any atom is 0.233 e. The number of carbonyl (C=O) groups excluding carboxylic acids is 2. The van der Waals surface area contributed by atoms with Crippen molar-refractivity contribution < 1.29 is 14.7 Å². The maximum atomic E-state index is 12.1. The van der Waals surface area contributed by atoms with Crippen molar-refractivity contribution in [3.8, 4) is 0 Å². The molecule has 4 nitrogen and oxygen atoms in total. The number of hydrogen-bond acceptors (Lipinski definition) is 3. The minimum Gasteiger partial charge on any atom is -0.394 e. The van der Waals surface area contributed by atoms with E-state index in [-0.39, 0.29) is 30.3 Å². The number of aliphatic hydroxyl groups excluding tert-OH is 1. The van der Waals surface area contributed by atoms with Gasteiger partial charge in [-0.3, -0.25) is 14.5 Å². The lowest BCUT2D eigenvalue weighted by atomic mass is 10.00. The van der Waals surface area contributed by atoms with Crippen molar-refractivity contribution in [2.75, 3.05) is 6.61 Å². The second-order valence-corrected chi connectivity index (χ2v) is 5.15. The molecule has 0 saturated carbocycles. The molecule has 102 valence electrons. The third-order valence-corrected chi connectivity index (χ3v) is 3.89. The van der Waals surface area contributed by atoms with E-state index in [0.29, 0.717) is 6.42 Å². The third-order valence-electron chi connectivity index (χ3n) is 3.89. The number of likely N-dealkylation sites (tertiary alicyclic amines) is 1. The van der Waals surface area contributed by atoms with E-state index in [9.17, 15) is 14.7 Å². The van der Waals surface area contributed by atoms with Crippen LogP contribution >= 0.6 is 0 Å². The van der Waals surface area contributed by atoms with E-state index >= 15 is 0 Å². The number of aliphatic hydroxyl groups is 1. The highest BCUT2D eigenvalue weighted by atomic mass is 16.3. The van der Waals surface area contributed by atoms with Gasteiger partial charge in [0.15, 0.2) is 0 Å². The molecular weight excluding hydrogens is 242 g/mol. The molecule has 0 bridgehead atoms. The first-order valence-electron chi connectivity index (χ1n) is 6.58. The van der Waals surface area contributed by atoms with Crippen LogP contribution in [-0.4, -0.2) is 34.5 Å². The fourth-order valence-corrected chi connectivity index (χ4v) is 2.46. The van der Waals surface area contributed by atoms with E-state index in [1.165, 1.54) is 4.90 Å². The van der Waals surface area contributed by atoms with E-state index in [2.05, 4.69) is 0 Å². The summed E-state index contributed by atoms with van der Waals surface area (Å²) in [4.78, 5) is 25.5. The molecule has 1 heterocycles. The van der Waals surface area contributed by atoms with Crippen molar-refractivity contribution in [3.63, 3.8) is 0 Å². The number of rotatable bonds is 4. The molecule has 2 unspecified atom stereocenters. The molecule has 1 saturated heterocycles. The third kappa shape index (κ3) is 2.54. The molecule has 1 aliphatic heterocycles. The summed E-state index contributed by atoms with van der Waals surface area (Å²) in [5, 5.41) is 9.51. The van der Waals surface area contributed by atoms with Gasteiger partial charge >= 0.3 is 0 Å². The first-order chi connectivity index (χ1) is 9.06. The van der Waals surface area contributed by atoms with Gasteiger partial charge < -0.3 is 5.11 Å². The Morgan fingerprint density at radius 2 is 1.63 bits per heavy atom. The highest BCUT2D eigenvalue weighted by molar-refractivity contribution is 6.05. The number of hydrogen-bond donors (Lipinski definition) is 1. The van der Waals surface area contributed by atoms with Gasteiger partial charge in [0.2, 0.25) is 11.8 Å². The summed E-state index contributed by atoms with van der Waals surface area (Å²) in [6.07, 6.45) is 0.494. The molecular formula is C15H19NO3. The van der Waals surface area contributed by atoms with Gasteiger partial charge in [-0.2, -0.15) is 0 Å². The summed E-state index contributed by atoms with van der Waals surface area (Å²) < 4.78 is 0. The molecule has 0 spiro atoms. The molecule has 1 fully saturated rings. The second kappa shape index (κ2) is 5.53. The summed E-state index contributed by atoms with van der Waals surface area (Å²) >= 11 is 0. The Morgan fingerprint density at radius 1 is 1.11 bits per heavy atom. The number of amides is 2. The predicted octanol–water partition coefficient (Wildman–Crippen LogP) is 1.23. The zero-order valence-corrected chi connectivity index (χ0v) is 11.2. The Hall–Kier alpha value is -1.68. The largest absolute Gasteiger partial charge is 0.394 e. The van der Waals surface area contributed by atoms with E-state index in [0.717, 1.165) is 5.56 Å². The Bertz CT molecular complexity index is 452. The van der Waals surface area contributed by atoms with E-state index in [4.69, 9.17) is 0 Å². The predicted molar refractivity (Wildman–Crippen MR) is 71.2 cm³/mol. The van der Waals surface area contributed by atoms with Crippen molar-refractivity contribution in [1.82, 2.24) is 4.90 Å². The molecule has 0 aliphatic carbocycles. The minimum absolute atomic E-state index is 0.174. The van der Waals surface area contributed by atoms with Gasteiger partial charge in [0, 0.05) is 11.8 Å². The monoisotopic (exact) mass is 261 g/mol. The van der Waals surface area contributed by atoms with Crippen molar-refractivity contribution in [2.45, 2.75) is 26.3 Å². The summed E-state index contributed by atoms with van der Waals surface area (Å²) in [6.45, 7) is 3.33. The standard InChI is InChI=1S/C15H19NO3/c1-10-11(2)15(19)16(14(10)18)13(9-17)8-12-6-4-3-5-7-12/h3-7,10-11,13,17H,8-9H2,1-2H3/t10?,11?,13-/m0/s1. The SMILES string of the molecule is CC1C(=O)N([C@H](CO)Cc2ccccc2)C(=O)C1C. The molecule has 0 aromatic heterocycles. The summed E-state index contributed by atoms with van der Waals surface area (Å²) in [5.74, 6) is -0.936. The molecule has 19 heavy (non-hydrogen) atoms. The van der Waals surface area contributed by atoms with Gasteiger partial charge in [0.1, 0.15) is 0 Å². The van der Waals surface area contributed by atoms with Gasteiger partial charge in [-0.05, 0) is 12.0 Å². The molecule has 1 aromatic rings. The number of benzene rings is 1. The number of nitrogens with zero attached hydrogens (tertiary/aromatic N) is 1. The van der Waals surface area contributed by atoms with Crippen LogP contribution in [0.15, 0.2) is 30.3 Å². The lowest BCUT2D eigenvalue weighted by molar-refractivity contribution is -0.143. The maximum absolute atomic E-state index is 12.1. The Morgan fingerprint density at radius 3 is 2.11 bits per heavy atom. The van der Waals surface area contributed by atoms with Gasteiger partial charge in [-0.25, -0.2) is 0 Å². The van der Waals surface area contributed by atoms with Crippen LogP contribution in [-0.2, 0) is 16.0 Å². The molecule has 1 N–H and O–H groups in total. The quantitative estimate of drug-likeness (QED) is 0.829. The summed E-state index contributed by atoms with van der Waals surface area (Å²) in [5.41, 5.74) is 1.01. The molecule has 3 atom stereocenters. The molecule has 2 rings (SSSR count). The second-order valence-electron chi connectivity index (χ2n) is 5.15. The Balaban J connectivity index is 2.18. The first kappa shape index (κ1) is 13.7. The molecule has 1 aliphatic rings. The van der Waals surface area contributed by atoms with Crippen LogP contribution < -0.4 is 0 Å². The number of carbonyl (C=O) groups is 2. The normalized spacial score (nSPS) is 24.9. The lowest BCUT2D eigenvalue weighted by Crippen LogP contribution is -2.44. The Kier molecular flexibility index (Phi) is 4.00.